The normalized spacial score (nSPS) is 12.4. The number of hydrogen-bond acceptors (Lipinski definition) is 5. The summed E-state index contributed by atoms with van der Waals surface area (Å²) in [5.41, 5.74) is 1.61. The Morgan fingerprint density at radius 3 is 2.14 bits per heavy atom. The average molecular weight is 419 g/mol. The van der Waals surface area contributed by atoms with Crippen molar-refractivity contribution in [1.29, 1.82) is 0 Å². The van der Waals surface area contributed by atoms with E-state index in [4.69, 9.17) is 4.74 Å². The van der Waals surface area contributed by atoms with E-state index in [9.17, 15) is 18.0 Å². The minimum Gasteiger partial charge on any atom is -0.454 e. The maximum absolute atomic E-state index is 12.6. The van der Waals surface area contributed by atoms with Crippen molar-refractivity contribution in [3.8, 4) is 0 Å². The molecule has 0 aliphatic heterocycles. The van der Waals surface area contributed by atoms with Gasteiger partial charge < -0.3 is 9.64 Å². The second-order valence-corrected chi connectivity index (χ2v) is 8.67. The Bertz CT molecular complexity index is 941. The molecule has 0 heterocycles. The number of ether oxygens (including phenoxy) is 1. The van der Waals surface area contributed by atoms with Gasteiger partial charge in [0.15, 0.2) is 6.61 Å². The molecule has 7 nitrogen and oxygen atoms in total. The van der Waals surface area contributed by atoms with Gasteiger partial charge in [-0.1, -0.05) is 35.9 Å². The van der Waals surface area contributed by atoms with Crippen LogP contribution in [0.2, 0.25) is 0 Å². The third kappa shape index (κ3) is 6.13. The summed E-state index contributed by atoms with van der Waals surface area (Å²) in [5.74, 6) is -1.22. The molecule has 0 saturated carbocycles. The molecule has 2 aromatic carbocycles. The minimum atomic E-state index is -3.88. The Kier molecular flexibility index (Phi) is 7.53. The van der Waals surface area contributed by atoms with Crippen LogP contribution in [0, 0.1) is 6.92 Å². The molecule has 1 amide bonds. The number of nitrogens with one attached hydrogen (secondary N) is 1. The second kappa shape index (κ2) is 9.67. The van der Waals surface area contributed by atoms with Gasteiger partial charge in [0.05, 0.1) is 4.90 Å². The molecule has 0 unspecified atom stereocenters. The van der Waals surface area contributed by atoms with Crippen molar-refractivity contribution in [3.63, 3.8) is 0 Å². The zero-order valence-electron chi connectivity index (χ0n) is 17.0. The maximum Gasteiger partial charge on any atom is 0.324 e. The van der Waals surface area contributed by atoms with Crippen LogP contribution < -0.4 is 9.62 Å². The van der Waals surface area contributed by atoms with Crippen molar-refractivity contribution < 1.29 is 22.7 Å². The van der Waals surface area contributed by atoms with E-state index < -0.39 is 34.5 Å². The van der Waals surface area contributed by atoms with Gasteiger partial charge in [0.2, 0.25) is 10.0 Å². The number of carbonyl (C=O) groups excluding carboxylic acids is 2. The number of nitrogens with zero attached hydrogens (tertiary/aromatic N) is 1. The Balaban J connectivity index is 1.98. The summed E-state index contributed by atoms with van der Waals surface area (Å²) >= 11 is 0. The fourth-order valence-corrected chi connectivity index (χ4v) is 3.90. The van der Waals surface area contributed by atoms with Crippen molar-refractivity contribution in [3.05, 3.63) is 60.2 Å². The van der Waals surface area contributed by atoms with E-state index in [1.165, 1.54) is 24.0 Å². The van der Waals surface area contributed by atoms with E-state index in [1.54, 1.807) is 24.3 Å². The fraction of sp³-hybridized carbons (Fsp3) is 0.333. The molecule has 0 aromatic heterocycles. The predicted octanol–water partition coefficient (Wildman–Crippen LogP) is 2.65. The lowest BCUT2D eigenvalue weighted by molar-refractivity contribution is -0.149. The van der Waals surface area contributed by atoms with Gasteiger partial charge in [-0.05, 0) is 52.0 Å². The summed E-state index contributed by atoms with van der Waals surface area (Å²) < 4.78 is 32.1. The molecule has 2 aromatic rings. The number of rotatable bonds is 8. The molecular weight excluding hydrogens is 392 g/mol. The Morgan fingerprint density at radius 2 is 1.59 bits per heavy atom. The molecule has 156 valence electrons. The third-order valence-electron chi connectivity index (χ3n) is 4.17. The summed E-state index contributed by atoms with van der Waals surface area (Å²) in [4.78, 5) is 26.4. The molecule has 0 fully saturated rings. The lowest BCUT2D eigenvalue weighted by Gasteiger charge is -2.27. The van der Waals surface area contributed by atoms with Crippen LogP contribution in [0.5, 0.6) is 0 Å². The highest BCUT2D eigenvalue weighted by atomic mass is 32.2. The zero-order chi connectivity index (χ0) is 21.6. The summed E-state index contributed by atoms with van der Waals surface area (Å²) in [7, 11) is -3.88. The highest BCUT2D eigenvalue weighted by molar-refractivity contribution is 7.89. The average Bonchev–Trinajstić information content (AvgIpc) is 2.66. The summed E-state index contributed by atoms with van der Waals surface area (Å²) in [5, 5.41) is 0. The van der Waals surface area contributed by atoms with Crippen LogP contribution in [0.25, 0.3) is 0 Å². The molecule has 0 saturated heterocycles. The van der Waals surface area contributed by atoms with E-state index in [1.807, 2.05) is 39.0 Å². The zero-order valence-corrected chi connectivity index (χ0v) is 17.8. The van der Waals surface area contributed by atoms with Gasteiger partial charge in [0.1, 0.15) is 6.04 Å². The second-order valence-electron chi connectivity index (χ2n) is 6.96. The molecule has 0 aliphatic carbocycles. The number of hydrogen-bond donors (Lipinski definition) is 1. The van der Waals surface area contributed by atoms with Crippen molar-refractivity contribution in [2.75, 3.05) is 11.5 Å². The Labute approximate surface area is 171 Å². The molecule has 1 atom stereocenters. The topological polar surface area (TPSA) is 92.8 Å². The lowest BCUT2D eigenvalue weighted by Crippen LogP contribution is -2.43. The number of sulfonamides is 1. The van der Waals surface area contributed by atoms with Gasteiger partial charge in [0.25, 0.3) is 5.91 Å². The summed E-state index contributed by atoms with van der Waals surface area (Å²) in [6, 6.07) is 14.0. The van der Waals surface area contributed by atoms with Gasteiger partial charge >= 0.3 is 5.97 Å². The number of amides is 1. The molecule has 0 aliphatic rings. The number of anilines is 1. The summed E-state index contributed by atoms with van der Waals surface area (Å²) in [6.45, 7) is 6.44. The Morgan fingerprint density at radius 1 is 1.00 bits per heavy atom. The van der Waals surface area contributed by atoms with E-state index >= 15 is 0 Å². The van der Waals surface area contributed by atoms with E-state index in [0.29, 0.717) is 5.69 Å². The first kappa shape index (κ1) is 22.6. The first-order valence-electron chi connectivity index (χ1n) is 9.24. The molecule has 2 rings (SSSR count). The van der Waals surface area contributed by atoms with Crippen LogP contribution in [0.1, 0.15) is 26.3 Å². The van der Waals surface area contributed by atoms with Crippen LogP contribution in [-0.2, 0) is 24.3 Å². The van der Waals surface area contributed by atoms with Crippen LogP contribution in [0.4, 0.5) is 5.69 Å². The SMILES string of the molecule is Cc1ccc(S(=O)(=O)N[C@@H](C)C(=O)OCC(=O)N(c2ccccc2)C(C)C)cc1. The fourth-order valence-electron chi connectivity index (χ4n) is 2.71. The van der Waals surface area contributed by atoms with E-state index in [0.717, 1.165) is 5.56 Å². The summed E-state index contributed by atoms with van der Waals surface area (Å²) in [6.07, 6.45) is 0. The molecular formula is C21H26N2O5S. The van der Waals surface area contributed by atoms with Gasteiger partial charge in [0, 0.05) is 11.7 Å². The highest BCUT2D eigenvalue weighted by Crippen LogP contribution is 2.17. The largest absolute Gasteiger partial charge is 0.454 e. The minimum absolute atomic E-state index is 0.0499. The van der Waals surface area contributed by atoms with Crippen molar-refractivity contribution in [2.45, 2.75) is 44.7 Å². The van der Waals surface area contributed by atoms with Crippen molar-refractivity contribution in [2.24, 2.45) is 0 Å². The number of benzene rings is 2. The first-order chi connectivity index (χ1) is 13.6. The van der Waals surface area contributed by atoms with Gasteiger partial charge in [-0.2, -0.15) is 4.72 Å². The predicted molar refractivity (Wildman–Crippen MR) is 111 cm³/mol. The van der Waals surface area contributed by atoms with E-state index in [2.05, 4.69) is 4.72 Å². The quantitative estimate of drug-likeness (QED) is 0.666. The smallest absolute Gasteiger partial charge is 0.324 e. The molecule has 0 bridgehead atoms. The number of aryl methyl sites for hydroxylation is 1. The molecule has 0 spiro atoms. The number of esters is 1. The van der Waals surface area contributed by atoms with Gasteiger partial charge in [-0.3, -0.25) is 9.59 Å². The first-order valence-corrected chi connectivity index (χ1v) is 10.7. The van der Waals surface area contributed by atoms with Crippen molar-refractivity contribution >= 4 is 27.6 Å². The number of carbonyl (C=O) groups is 2. The van der Waals surface area contributed by atoms with E-state index in [-0.39, 0.29) is 10.9 Å². The number of para-hydroxylation sites is 1. The molecule has 8 heteroatoms. The highest BCUT2D eigenvalue weighted by Gasteiger charge is 2.25. The van der Waals surface area contributed by atoms with Crippen molar-refractivity contribution in [1.82, 2.24) is 4.72 Å². The monoisotopic (exact) mass is 418 g/mol. The lowest BCUT2D eigenvalue weighted by atomic mass is 10.2. The molecule has 1 N–H and O–H groups in total. The van der Waals surface area contributed by atoms with Gasteiger partial charge in [-0.25, -0.2) is 8.42 Å². The molecule has 29 heavy (non-hydrogen) atoms. The standard InChI is InChI=1S/C21H26N2O5S/c1-15(2)23(18-8-6-5-7-9-18)20(24)14-28-21(25)17(4)22-29(26,27)19-12-10-16(3)11-13-19/h5-13,15,17,22H,14H2,1-4H3/t17-/m0/s1. The third-order valence-corrected chi connectivity index (χ3v) is 5.73. The van der Waals surface area contributed by atoms with Crippen LogP contribution in [0.3, 0.4) is 0 Å². The van der Waals surface area contributed by atoms with Gasteiger partial charge in [-0.15, -0.1) is 0 Å². The Hall–Kier alpha value is -2.71. The van der Waals surface area contributed by atoms with Crippen LogP contribution >= 0.6 is 0 Å². The van der Waals surface area contributed by atoms with Crippen LogP contribution in [0.15, 0.2) is 59.5 Å². The molecule has 0 radical (unpaired) electrons. The maximum atomic E-state index is 12.6. The van der Waals surface area contributed by atoms with Crippen LogP contribution in [-0.4, -0.2) is 39.0 Å².